The van der Waals surface area contributed by atoms with E-state index in [2.05, 4.69) is 15.3 Å². The molecule has 2 rings (SSSR count). The molecule has 1 aromatic rings. The SMILES string of the molecule is Cc1ccnc(NC(=O)CCSC2=NCCS2)c1. The molecule has 1 aromatic heterocycles. The van der Waals surface area contributed by atoms with E-state index in [9.17, 15) is 4.79 Å². The fraction of sp³-hybridized carbons (Fsp3) is 0.417. The quantitative estimate of drug-likeness (QED) is 0.921. The summed E-state index contributed by atoms with van der Waals surface area (Å²) in [5.74, 6) is 2.47. The van der Waals surface area contributed by atoms with Crippen LogP contribution in [-0.2, 0) is 4.79 Å². The summed E-state index contributed by atoms with van der Waals surface area (Å²) in [6.07, 6.45) is 2.18. The highest BCUT2D eigenvalue weighted by molar-refractivity contribution is 8.39. The summed E-state index contributed by atoms with van der Waals surface area (Å²) in [4.78, 5) is 20.1. The van der Waals surface area contributed by atoms with Crippen LogP contribution < -0.4 is 5.32 Å². The van der Waals surface area contributed by atoms with Crippen molar-refractivity contribution in [2.75, 3.05) is 23.4 Å². The Morgan fingerprint density at radius 3 is 3.22 bits per heavy atom. The molecule has 1 aliphatic heterocycles. The van der Waals surface area contributed by atoms with Crippen LogP contribution in [0.5, 0.6) is 0 Å². The van der Waals surface area contributed by atoms with Crippen molar-refractivity contribution in [1.29, 1.82) is 0 Å². The standard InChI is InChI=1S/C12H15N3OS2/c1-9-2-4-13-10(8-9)15-11(16)3-6-17-12-14-5-7-18-12/h2,4,8H,3,5-7H2,1H3,(H,13,15,16). The lowest BCUT2D eigenvalue weighted by Crippen LogP contribution is -2.13. The topological polar surface area (TPSA) is 54.4 Å². The maximum Gasteiger partial charge on any atom is 0.226 e. The lowest BCUT2D eigenvalue weighted by molar-refractivity contribution is -0.115. The van der Waals surface area contributed by atoms with E-state index in [1.165, 1.54) is 0 Å². The van der Waals surface area contributed by atoms with Crippen LogP contribution in [0.1, 0.15) is 12.0 Å². The van der Waals surface area contributed by atoms with Gasteiger partial charge in [0.05, 0.1) is 6.54 Å². The fourth-order valence-electron chi connectivity index (χ4n) is 1.44. The van der Waals surface area contributed by atoms with E-state index in [-0.39, 0.29) is 5.91 Å². The van der Waals surface area contributed by atoms with Crippen LogP contribution in [0.4, 0.5) is 5.82 Å². The van der Waals surface area contributed by atoms with Gasteiger partial charge in [-0.25, -0.2) is 4.98 Å². The van der Waals surface area contributed by atoms with Gasteiger partial charge in [-0.15, -0.1) is 0 Å². The van der Waals surface area contributed by atoms with Gasteiger partial charge in [-0.05, 0) is 24.6 Å². The Balaban J connectivity index is 1.71. The van der Waals surface area contributed by atoms with E-state index >= 15 is 0 Å². The minimum absolute atomic E-state index is 0.00389. The lowest BCUT2D eigenvalue weighted by atomic mass is 10.3. The van der Waals surface area contributed by atoms with Crippen molar-refractivity contribution in [3.8, 4) is 0 Å². The second kappa shape index (κ2) is 6.80. The molecule has 2 heterocycles. The van der Waals surface area contributed by atoms with E-state index in [1.807, 2.05) is 19.1 Å². The molecule has 0 saturated carbocycles. The summed E-state index contributed by atoms with van der Waals surface area (Å²) in [7, 11) is 0. The summed E-state index contributed by atoms with van der Waals surface area (Å²) in [5, 5.41) is 2.80. The lowest BCUT2D eigenvalue weighted by Gasteiger charge is -2.04. The van der Waals surface area contributed by atoms with Crippen molar-refractivity contribution >= 4 is 39.6 Å². The van der Waals surface area contributed by atoms with Gasteiger partial charge in [0, 0.05) is 24.1 Å². The molecular formula is C12H15N3OS2. The molecule has 0 aromatic carbocycles. The highest BCUT2D eigenvalue weighted by atomic mass is 32.2. The molecule has 6 heteroatoms. The number of amides is 1. The Bertz CT molecular complexity index is 462. The summed E-state index contributed by atoms with van der Waals surface area (Å²) in [6.45, 7) is 2.88. The first-order valence-corrected chi connectivity index (χ1v) is 7.74. The summed E-state index contributed by atoms with van der Waals surface area (Å²) < 4.78 is 1.11. The molecule has 0 atom stereocenters. The van der Waals surface area contributed by atoms with Gasteiger partial charge in [0.25, 0.3) is 0 Å². The second-order valence-corrected chi connectivity index (χ2v) is 6.29. The van der Waals surface area contributed by atoms with Crippen LogP contribution in [0.3, 0.4) is 0 Å². The van der Waals surface area contributed by atoms with Crippen molar-refractivity contribution in [1.82, 2.24) is 4.98 Å². The highest BCUT2D eigenvalue weighted by Gasteiger charge is 2.09. The molecule has 96 valence electrons. The van der Waals surface area contributed by atoms with E-state index in [4.69, 9.17) is 0 Å². The fourth-order valence-corrected chi connectivity index (χ4v) is 3.46. The molecule has 0 unspecified atom stereocenters. The third-order valence-corrected chi connectivity index (χ3v) is 4.55. The molecule has 0 aliphatic carbocycles. The van der Waals surface area contributed by atoms with Crippen LogP contribution in [0, 0.1) is 6.92 Å². The first-order chi connectivity index (χ1) is 8.74. The van der Waals surface area contributed by atoms with Gasteiger partial charge >= 0.3 is 0 Å². The van der Waals surface area contributed by atoms with E-state index < -0.39 is 0 Å². The van der Waals surface area contributed by atoms with Crippen molar-refractivity contribution in [3.05, 3.63) is 23.9 Å². The first kappa shape index (κ1) is 13.4. The zero-order valence-electron chi connectivity index (χ0n) is 10.2. The summed E-state index contributed by atoms with van der Waals surface area (Å²) in [6, 6.07) is 3.77. The van der Waals surface area contributed by atoms with E-state index in [0.717, 1.165) is 28.0 Å². The number of nitrogens with one attached hydrogen (secondary N) is 1. The maximum absolute atomic E-state index is 11.7. The molecule has 0 saturated heterocycles. The molecule has 1 aliphatic rings. The third-order valence-electron chi connectivity index (χ3n) is 2.30. The monoisotopic (exact) mass is 281 g/mol. The number of aliphatic imine (C=N–C) groups is 1. The number of hydrogen-bond donors (Lipinski definition) is 1. The van der Waals surface area contributed by atoms with Gasteiger partial charge in [-0.3, -0.25) is 9.79 Å². The van der Waals surface area contributed by atoms with Crippen molar-refractivity contribution < 1.29 is 4.79 Å². The first-order valence-electron chi connectivity index (χ1n) is 5.76. The number of aromatic nitrogens is 1. The number of aryl methyl sites for hydroxylation is 1. The molecule has 0 radical (unpaired) electrons. The highest BCUT2D eigenvalue weighted by Crippen LogP contribution is 2.22. The largest absolute Gasteiger partial charge is 0.311 e. The van der Waals surface area contributed by atoms with Crippen LogP contribution in [-0.4, -0.2) is 33.3 Å². The molecule has 0 bridgehead atoms. The summed E-state index contributed by atoms with van der Waals surface area (Å²) in [5.41, 5.74) is 1.09. The Morgan fingerprint density at radius 1 is 1.61 bits per heavy atom. The Labute approximate surface area is 115 Å². The van der Waals surface area contributed by atoms with Crippen molar-refractivity contribution in [3.63, 3.8) is 0 Å². The van der Waals surface area contributed by atoms with Crippen molar-refractivity contribution in [2.24, 2.45) is 4.99 Å². The second-order valence-electron chi connectivity index (χ2n) is 3.86. The average molecular weight is 281 g/mol. The zero-order valence-corrected chi connectivity index (χ0v) is 11.8. The number of carbonyl (C=O) groups is 1. The van der Waals surface area contributed by atoms with Gasteiger partial charge < -0.3 is 5.32 Å². The van der Waals surface area contributed by atoms with Crippen LogP contribution in [0.25, 0.3) is 0 Å². The number of hydrogen-bond acceptors (Lipinski definition) is 5. The van der Waals surface area contributed by atoms with Gasteiger partial charge in [-0.1, -0.05) is 23.5 Å². The number of nitrogens with zero attached hydrogens (tertiary/aromatic N) is 2. The van der Waals surface area contributed by atoms with Gasteiger partial charge in [0.15, 0.2) is 0 Å². The Kier molecular flexibility index (Phi) is 5.07. The number of rotatable bonds is 4. The summed E-state index contributed by atoms with van der Waals surface area (Å²) >= 11 is 3.43. The smallest absolute Gasteiger partial charge is 0.226 e. The number of anilines is 1. The van der Waals surface area contributed by atoms with E-state index in [0.29, 0.717) is 12.2 Å². The number of thioether (sulfide) groups is 2. The third kappa shape index (κ3) is 4.34. The Hall–Kier alpha value is -1.01. The van der Waals surface area contributed by atoms with Crippen LogP contribution in [0.15, 0.2) is 23.3 Å². The minimum Gasteiger partial charge on any atom is -0.311 e. The molecular weight excluding hydrogens is 266 g/mol. The molecule has 0 spiro atoms. The zero-order chi connectivity index (χ0) is 12.8. The number of carbonyl (C=O) groups excluding carboxylic acids is 1. The predicted molar refractivity (Wildman–Crippen MR) is 79.4 cm³/mol. The number of pyridine rings is 1. The predicted octanol–water partition coefficient (Wildman–Crippen LogP) is 2.55. The average Bonchev–Trinajstić information content (AvgIpc) is 2.82. The molecule has 0 fully saturated rings. The van der Waals surface area contributed by atoms with E-state index in [1.54, 1.807) is 29.7 Å². The molecule has 4 nitrogen and oxygen atoms in total. The van der Waals surface area contributed by atoms with Gasteiger partial charge in [0.2, 0.25) is 5.91 Å². The normalized spacial score (nSPS) is 14.4. The van der Waals surface area contributed by atoms with Crippen LogP contribution >= 0.6 is 23.5 Å². The van der Waals surface area contributed by atoms with Gasteiger partial charge in [-0.2, -0.15) is 0 Å². The minimum atomic E-state index is 0.00389. The molecule has 1 N–H and O–H groups in total. The molecule has 1 amide bonds. The Morgan fingerprint density at radius 2 is 2.50 bits per heavy atom. The van der Waals surface area contributed by atoms with Crippen molar-refractivity contribution in [2.45, 2.75) is 13.3 Å². The molecule has 18 heavy (non-hydrogen) atoms. The van der Waals surface area contributed by atoms with Gasteiger partial charge in [0.1, 0.15) is 10.2 Å². The maximum atomic E-state index is 11.7. The van der Waals surface area contributed by atoms with Crippen LogP contribution in [0.2, 0.25) is 0 Å².